The number of nitrogens with one attached hydrogen (secondary N) is 1. The van der Waals surface area contributed by atoms with E-state index in [2.05, 4.69) is 10.3 Å². The number of para-hydroxylation sites is 1. The van der Waals surface area contributed by atoms with Crippen LogP contribution in [0, 0.1) is 0 Å². The zero-order valence-corrected chi connectivity index (χ0v) is 21.2. The van der Waals surface area contributed by atoms with Gasteiger partial charge >= 0.3 is 0 Å². The molecule has 1 aliphatic heterocycles. The van der Waals surface area contributed by atoms with Crippen LogP contribution in [0.2, 0.25) is 5.02 Å². The minimum Gasteiger partial charge on any atom is -0.400 e. The number of ether oxygens (including phenoxy) is 1. The number of hydrogen-bond donors (Lipinski definition) is 3. The maximum Gasteiger partial charge on any atom is 0.272 e. The summed E-state index contributed by atoms with van der Waals surface area (Å²) in [6.07, 6.45) is 3.59. The van der Waals surface area contributed by atoms with Gasteiger partial charge in [-0.25, -0.2) is 4.98 Å². The molecule has 2 aromatic carbocycles. The molecule has 0 spiro atoms. The number of fused-ring (bicyclic) bond motifs is 1. The van der Waals surface area contributed by atoms with E-state index < -0.39 is 0 Å². The van der Waals surface area contributed by atoms with Gasteiger partial charge in [0.2, 0.25) is 0 Å². The Morgan fingerprint density at radius 2 is 1.72 bits per heavy atom. The molecule has 8 nitrogen and oxygen atoms in total. The van der Waals surface area contributed by atoms with E-state index >= 15 is 0 Å². The summed E-state index contributed by atoms with van der Waals surface area (Å²) in [5.74, 6) is -0.0320. The minimum atomic E-state index is -0.0320. The van der Waals surface area contributed by atoms with E-state index in [4.69, 9.17) is 26.6 Å². The number of amides is 1. The quantitative estimate of drug-likeness (QED) is 0.374. The Morgan fingerprint density at radius 1 is 1.06 bits per heavy atom. The number of halogens is 1. The lowest BCUT2D eigenvalue weighted by atomic mass is 10.1. The molecular weight excluding hydrogens is 480 g/mol. The number of carbonyl (C=O) groups is 1. The molecule has 2 aromatic heterocycles. The topological polar surface area (TPSA) is 99.3 Å². The monoisotopic (exact) mass is 510 g/mol. The van der Waals surface area contributed by atoms with E-state index in [9.17, 15) is 4.79 Å². The first-order chi connectivity index (χ1) is 17.6. The average Bonchev–Trinajstić information content (AvgIpc) is 3.35. The largest absolute Gasteiger partial charge is 0.400 e. The first-order valence-corrected chi connectivity index (χ1v) is 12.0. The number of imidazole rings is 1. The number of aromatic nitrogens is 2. The number of aliphatic hydroxyl groups is 2. The van der Waals surface area contributed by atoms with Crippen LogP contribution in [-0.4, -0.2) is 70.4 Å². The Hall–Kier alpha value is -3.43. The molecule has 190 valence electrons. The lowest BCUT2D eigenvalue weighted by molar-refractivity contribution is 0.0298. The highest BCUT2D eigenvalue weighted by molar-refractivity contribution is 6.33. The molecular formula is C27H31ClN4O4. The predicted octanol–water partition coefficient (Wildman–Crippen LogP) is 4.48. The Labute approximate surface area is 215 Å². The van der Waals surface area contributed by atoms with Crippen LogP contribution in [0.5, 0.6) is 0 Å². The summed E-state index contributed by atoms with van der Waals surface area (Å²) in [6, 6.07) is 19.7. The van der Waals surface area contributed by atoms with Crippen molar-refractivity contribution in [3.8, 4) is 11.1 Å². The van der Waals surface area contributed by atoms with Gasteiger partial charge in [0, 0.05) is 38.7 Å². The molecule has 5 rings (SSSR count). The van der Waals surface area contributed by atoms with E-state index in [1.165, 1.54) is 0 Å². The molecule has 0 atom stereocenters. The number of aliphatic hydroxyl groups excluding tert-OH is 2. The number of anilines is 2. The van der Waals surface area contributed by atoms with E-state index in [-0.39, 0.29) is 12.5 Å². The Kier molecular flexibility index (Phi) is 10.3. The van der Waals surface area contributed by atoms with Gasteiger partial charge in [0.05, 0.1) is 30.1 Å². The van der Waals surface area contributed by atoms with Gasteiger partial charge in [0.1, 0.15) is 11.3 Å². The molecule has 0 aliphatic carbocycles. The van der Waals surface area contributed by atoms with E-state index in [1.807, 2.05) is 76.2 Å². The first-order valence-electron chi connectivity index (χ1n) is 11.6. The molecule has 0 bridgehead atoms. The van der Waals surface area contributed by atoms with Gasteiger partial charge in [0.25, 0.3) is 5.91 Å². The Morgan fingerprint density at radius 3 is 2.42 bits per heavy atom. The number of nitrogens with zero attached hydrogens (tertiary/aromatic N) is 3. The molecule has 1 aliphatic rings. The molecule has 0 saturated carbocycles. The second kappa shape index (κ2) is 13.6. The molecule has 1 amide bonds. The smallest absolute Gasteiger partial charge is 0.272 e. The highest BCUT2D eigenvalue weighted by Crippen LogP contribution is 2.31. The number of morpholine rings is 1. The van der Waals surface area contributed by atoms with Crippen molar-refractivity contribution in [2.75, 3.05) is 45.3 Å². The van der Waals surface area contributed by atoms with Crippen molar-refractivity contribution in [3.63, 3.8) is 0 Å². The van der Waals surface area contributed by atoms with Crippen LogP contribution in [0.15, 0.2) is 73.1 Å². The lowest BCUT2D eigenvalue weighted by Crippen LogP contribution is -2.41. The lowest BCUT2D eigenvalue weighted by Gasteiger charge is -2.26. The summed E-state index contributed by atoms with van der Waals surface area (Å²) in [5, 5.41) is 18.6. The number of pyridine rings is 1. The summed E-state index contributed by atoms with van der Waals surface area (Å²) in [4.78, 5) is 19.2. The number of rotatable bonds is 4. The highest BCUT2D eigenvalue weighted by Gasteiger charge is 2.21. The summed E-state index contributed by atoms with van der Waals surface area (Å²) in [5.41, 5.74) is 5.02. The van der Waals surface area contributed by atoms with Gasteiger partial charge in [-0.1, -0.05) is 35.9 Å². The van der Waals surface area contributed by atoms with Gasteiger partial charge in [0.15, 0.2) is 0 Å². The second-order valence-corrected chi connectivity index (χ2v) is 8.10. The summed E-state index contributed by atoms with van der Waals surface area (Å²) >= 11 is 6.43. The normalized spacial score (nSPS) is 12.8. The van der Waals surface area contributed by atoms with Crippen molar-refractivity contribution >= 4 is 34.5 Å². The third-order valence-electron chi connectivity index (χ3n) is 5.38. The maximum absolute atomic E-state index is 13.0. The van der Waals surface area contributed by atoms with Crippen LogP contribution in [-0.2, 0) is 4.74 Å². The van der Waals surface area contributed by atoms with Crippen molar-refractivity contribution < 1.29 is 19.7 Å². The minimum absolute atomic E-state index is 0.0320. The highest BCUT2D eigenvalue weighted by atomic mass is 35.5. The fourth-order valence-corrected chi connectivity index (χ4v) is 3.88. The molecule has 1 fully saturated rings. The maximum atomic E-state index is 13.0. The van der Waals surface area contributed by atoms with Crippen molar-refractivity contribution in [3.05, 3.63) is 83.8 Å². The fourth-order valence-electron chi connectivity index (χ4n) is 3.72. The molecule has 9 heteroatoms. The average molecular weight is 511 g/mol. The summed E-state index contributed by atoms with van der Waals surface area (Å²) in [6.45, 7) is 4.25. The molecule has 4 aromatic rings. The Bertz CT molecular complexity index is 1260. The first kappa shape index (κ1) is 27.2. The third-order valence-corrected chi connectivity index (χ3v) is 5.71. The van der Waals surface area contributed by atoms with Crippen molar-refractivity contribution in [2.45, 2.75) is 6.92 Å². The van der Waals surface area contributed by atoms with Gasteiger partial charge in [-0.05, 0) is 54.4 Å². The van der Waals surface area contributed by atoms with Crippen LogP contribution >= 0.6 is 11.6 Å². The number of benzene rings is 2. The molecule has 0 radical (unpaired) electrons. The van der Waals surface area contributed by atoms with E-state index in [0.29, 0.717) is 37.0 Å². The Balaban J connectivity index is 0.000000674. The summed E-state index contributed by atoms with van der Waals surface area (Å²) < 4.78 is 7.22. The van der Waals surface area contributed by atoms with Crippen molar-refractivity contribution in [1.82, 2.24) is 14.3 Å². The molecule has 1 saturated heterocycles. The van der Waals surface area contributed by atoms with E-state index in [0.717, 1.165) is 35.3 Å². The van der Waals surface area contributed by atoms with Crippen LogP contribution in [0.25, 0.3) is 16.8 Å². The van der Waals surface area contributed by atoms with Gasteiger partial charge in [-0.2, -0.15) is 0 Å². The van der Waals surface area contributed by atoms with Crippen molar-refractivity contribution in [1.29, 1.82) is 0 Å². The second-order valence-electron chi connectivity index (χ2n) is 7.70. The van der Waals surface area contributed by atoms with E-state index in [1.54, 1.807) is 13.1 Å². The third kappa shape index (κ3) is 6.61. The van der Waals surface area contributed by atoms with Crippen LogP contribution in [0.1, 0.15) is 17.4 Å². The van der Waals surface area contributed by atoms with Crippen LogP contribution in [0.3, 0.4) is 0 Å². The summed E-state index contributed by atoms with van der Waals surface area (Å²) in [7, 11) is 1.00. The molecule has 0 unspecified atom stereocenters. The standard InChI is InChI=1S/C24H21ClN4O2.C2H6O.CH4O/c25-20-8-6-17(14-21(20)27-19-4-2-1-3-5-19)18-7-9-23-26-15-22(29(23)16-18)24(30)28-10-12-31-13-11-28;1-2-3;1-2/h1-9,14-16,27H,10-13H2;3H,2H2,1H3;2H,1H3. The SMILES string of the molecule is CCO.CO.O=C(c1cnc2ccc(-c3ccc(Cl)c(Nc4ccccc4)c3)cn12)N1CCOCC1. The fraction of sp³-hybridized carbons (Fsp3) is 0.259. The van der Waals surface area contributed by atoms with Gasteiger partial charge in [-0.15, -0.1) is 0 Å². The van der Waals surface area contributed by atoms with Crippen molar-refractivity contribution in [2.24, 2.45) is 0 Å². The molecule has 3 heterocycles. The molecule has 36 heavy (non-hydrogen) atoms. The molecule has 3 N–H and O–H groups in total. The predicted molar refractivity (Wildman–Crippen MR) is 143 cm³/mol. The zero-order valence-electron chi connectivity index (χ0n) is 20.4. The number of carbonyl (C=O) groups excluding carboxylic acids is 1. The number of hydrogen-bond acceptors (Lipinski definition) is 6. The van der Waals surface area contributed by atoms with Gasteiger partial charge in [-0.3, -0.25) is 9.20 Å². The van der Waals surface area contributed by atoms with Crippen LogP contribution in [0.4, 0.5) is 11.4 Å². The van der Waals surface area contributed by atoms with Gasteiger partial charge < -0.3 is 25.2 Å². The van der Waals surface area contributed by atoms with Crippen LogP contribution < -0.4 is 5.32 Å². The zero-order chi connectivity index (χ0) is 25.9.